The number of hydrogen-bond acceptors (Lipinski definition) is 7. The number of piperazine rings is 1. The van der Waals surface area contributed by atoms with E-state index in [0.717, 1.165) is 35.5 Å². The van der Waals surface area contributed by atoms with Gasteiger partial charge in [0.15, 0.2) is 10.8 Å². The molecule has 2 bridgehead atoms. The van der Waals surface area contributed by atoms with Crippen LogP contribution in [0.5, 0.6) is 0 Å². The molecule has 24 heavy (non-hydrogen) atoms. The monoisotopic (exact) mass is 339 g/mol. The minimum atomic E-state index is 0.495. The van der Waals surface area contributed by atoms with Gasteiger partial charge in [0.25, 0.3) is 0 Å². The van der Waals surface area contributed by atoms with E-state index in [9.17, 15) is 0 Å². The standard InChI is InChI=1S/C16H17N7S/c1-24-16-17-5-2-13(20-16)21-9-11-8-12(10-21)23(11)15-4-7-22-14(19-15)3-6-18-22/h2-7,11-12H,8-10H2,1H3. The van der Waals surface area contributed by atoms with Gasteiger partial charge in [-0.15, -0.1) is 0 Å². The Kier molecular flexibility index (Phi) is 3.12. The first-order valence-electron chi connectivity index (χ1n) is 8.02. The van der Waals surface area contributed by atoms with Crippen molar-refractivity contribution < 1.29 is 0 Å². The Hall–Kier alpha value is -2.35. The summed E-state index contributed by atoms with van der Waals surface area (Å²) in [5.41, 5.74) is 0.898. The van der Waals surface area contributed by atoms with Gasteiger partial charge in [-0.2, -0.15) is 5.10 Å². The summed E-state index contributed by atoms with van der Waals surface area (Å²) in [5, 5.41) is 5.04. The van der Waals surface area contributed by atoms with Crippen LogP contribution < -0.4 is 9.80 Å². The largest absolute Gasteiger partial charge is 0.352 e. The highest BCUT2D eigenvalue weighted by atomic mass is 32.2. The van der Waals surface area contributed by atoms with Crippen LogP contribution in [0.25, 0.3) is 5.65 Å². The number of anilines is 2. The summed E-state index contributed by atoms with van der Waals surface area (Å²) < 4.78 is 1.80. The zero-order valence-electron chi connectivity index (χ0n) is 13.3. The predicted octanol–water partition coefficient (Wildman–Crippen LogP) is 1.71. The van der Waals surface area contributed by atoms with Crippen LogP contribution in [0, 0.1) is 0 Å². The van der Waals surface area contributed by atoms with Crippen molar-refractivity contribution in [3.05, 3.63) is 36.8 Å². The fourth-order valence-corrected chi connectivity index (χ4v) is 4.07. The molecule has 0 saturated carbocycles. The third kappa shape index (κ3) is 2.13. The van der Waals surface area contributed by atoms with Gasteiger partial charge in [0.2, 0.25) is 0 Å². The second kappa shape index (κ2) is 5.34. The summed E-state index contributed by atoms with van der Waals surface area (Å²) >= 11 is 1.58. The Bertz CT molecular complexity index is 883. The summed E-state index contributed by atoms with van der Waals surface area (Å²) in [7, 11) is 0. The van der Waals surface area contributed by atoms with Crippen LogP contribution in [0.2, 0.25) is 0 Å². The molecule has 0 N–H and O–H groups in total. The van der Waals surface area contributed by atoms with Crippen LogP contribution in [0.1, 0.15) is 6.42 Å². The second-order valence-electron chi connectivity index (χ2n) is 6.18. The van der Waals surface area contributed by atoms with Crippen molar-refractivity contribution in [2.45, 2.75) is 23.7 Å². The van der Waals surface area contributed by atoms with E-state index in [1.165, 1.54) is 6.42 Å². The van der Waals surface area contributed by atoms with Gasteiger partial charge in [-0.25, -0.2) is 19.5 Å². The van der Waals surface area contributed by atoms with Crippen LogP contribution in [-0.4, -0.2) is 56.0 Å². The van der Waals surface area contributed by atoms with E-state index in [1.54, 1.807) is 22.5 Å². The highest BCUT2D eigenvalue weighted by molar-refractivity contribution is 7.98. The molecular weight excluding hydrogens is 322 g/mol. The van der Waals surface area contributed by atoms with Crippen molar-refractivity contribution in [3.8, 4) is 0 Å². The molecule has 6 heterocycles. The van der Waals surface area contributed by atoms with E-state index in [-0.39, 0.29) is 0 Å². The lowest BCUT2D eigenvalue weighted by molar-refractivity contribution is 0.287. The van der Waals surface area contributed by atoms with Crippen molar-refractivity contribution in [1.82, 2.24) is 24.6 Å². The average molecular weight is 339 g/mol. The highest BCUT2D eigenvalue weighted by Gasteiger charge is 2.45. The zero-order chi connectivity index (χ0) is 16.1. The van der Waals surface area contributed by atoms with E-state index < -0.39 is 0 Å². The summed E-state index contributed by atoms with van der Waals surface area (Å²) in [4.78, 5) is 18.5. The third-order valence-electron chi connectivity index (χ3n) is 4.83. The number of thioether (sulfide) groups is 1. The van der Waals surface area contributed by atoms with Crippen molar-refractivity contribution in [2.75, 3.05) is 29.1 Å². The molecule has 3 aromatic rings. The van der Waals surface area contributed by atoms with E-state index >= 15 is 0 Å². The van der Waals surface area contributed by atoms with E-state index in [0.29, 0.717) is 12.1 Å². The third-order valence-corrected chi connectivity index (χ3v) is 5.39. The number of rotatable bonds is 3. The van der Waals surface area contributed by atoms with Crippen LogP contribution in [0.4, 0.5) is 11.6 Å². The molecule has 0 radical (unpaired) electrons. The molecule has 0 aliphatic carbocycles. The highest BCUT2D eigenvalue weighted by Crippen LogP contribution is 2.37. The van der Waals surface area contributed by atoms with Crippen LogP contribution >= 0.6 is 11.8 Å². The van der Waals surface area contributed by atoms with E-state index in [1.807, 2.05) is 30.8 Å². The SMILES string of the molecule is CSc1nccc(N2CC3CC(C2)N3c2ccn3nccc3n2)n1. The van der Waals surface area contributed by atoms with Gasteiger partial charge in [0.1, 0.15) is 11.6 Å². The fourth-order valence-electron chi connectivity index (χ4n) is 3.72. The number of aromatic nitrogens is 5. The fraction of sp³-hybridized carbons (Fsp3) is 0.375. The molecule has 0 spiro atoms. The molecular formula is C16H17N7S. The molecule has 3 saturated heterocycles. The van der Waals surface area contributed by atoms with Gasteiger partial charge >= 0.3 is 0 Å². The number of hydrogen-bond donors (Lipinski definition) is 0. The minimum absolute atomic E-state index is 0.495. The lowest BCUT2D eigenvalue weighted by Crippen LogP contribution is -2.69. The Balaban J connectivity index is 1.38. The topological polar surface area (TPSA) is 62.5 Å². The number of nitrogens with zero attached hydrogens (tertiary/aromatic N) is 7. The Morgan fingerprint density at radius 1 is 1.04 bits per heavy atom. The first-order valence-corrected chi connectivity index (χ1v) is 9.25. The number of piperidine rings is 1. The number of fused-ring (bicyclic) bond motifs is 3. The lowest BCUT2D eigenvalue weighted by Gasteiger charge is -2.57. The lowest BCUT2D eigenvalue weighted by atomic mass is 9.87. The van der Waals surface area contributed by atoms with Gasteiger partial charge in [0.05, 0.1) is 18.3 Å². The minimum Gasteiger partial charge on any atom is -0.352 e. The summed E-state index contributed by atoms with van der Waals surface area (Å²) in [6.45, 7) is 1.96. The molecule has 3 aliphatic rings. The maximum atomic E-state index is 4.74. The molecule has 122 valence electrons. The van der Waals surface area contributed by atoms with Crippen LogP contribution in [-0.2, 0) is 0 Å². The Morgan fingerprint density at radius 2 is 1.92 bits per heavy atom. The van der Waals surface area contributed by atoms with Gasteiger partial charge in [-0.05, 0) is 24.8 Å². The summed E-state index contributed by atoms with van der Waals surface area (Å²) in [6.07, 6.45) is 8.85. The van der Waals surface area contributed by atoms with Crippen LogP contribution in [0.15, 0.2) is 41.9 Å². The van der Waals surface area contributed by atoms with Gasteiger partial charge in [0, 0.05) is 31.5 Å². The van der Waals surface area contributed by atoms with E-state index in [4.69, 9.17) is 4.98 Å². The average Bonchev–Trinajstić information content (AvgIpc) is 3.09. The predicted molar refractivity (Wildman–Crippen MR) is 93.7 cm³/mol. The zero-order valence-corrected chi connectivity index (χ0v) is 14.1. The molecule has 0 amide bonds. The van der Waals surface area contributed by atoms with Crippen LogP contribution in [0.3, 0.4) is 0 Å². The molecule has 3 aliphatic heterocycles. The van der Waals surface area contributed by atoms with Crippen molar-refractivity contribution in [1.29, 1.82) is 0 Å². The summed E-state index contributed by atoms with van der Waals surface area (Å²) in [6, 6.07) is 7.00. The molecule has 3 fully saturated rings. The van der Waals surface area contributed by atoms with Gasteiger partial charge < -0.3 is 9.80 Å². The summed E-state index contributed by atoms with van der Waals surface area (Å²) in [5.74, 6) is 2.08. The Labute approximate surface area is 143 Å². The first kappa shape index (κ1) is 14.0. The maximum Gasteiger partial charge on any atom is 0.189 e. The molecule has 8 heteroatoms. The molecule has 2 unspecified atom stereocenters. The van der Waals surface area contributed by atoms with Crippen molar-refractivity contribution in [3.63, 3.8) is 0 Å². The Morgan fingerprint density at radius 3 is 2.75 bits per heavy atom. The smallest absolute Gasteiger partial charge is 0.189 e. The normalized spacial score (nSPS) is 22.7. The molecule has 7 nitrogen and oxygen atoms in total. The van der Waals surface area contributed by atoms with Crippen molar-refractivity contribution in [2.24, 2.45) is 0 Å². The van der Waals surface area contributed by atoms with Gasteiger partial charge in [-0.3, -0.25) is 0 Å². The van der Waals surface area contributed by atoms with Crippen molar-refractivity contribution >= 4 is 29.0 Å². The van der Waals surface area contributed by atoms with Gasteiger partial charge in [-0.1, -0.05) is 11.8 Å². The molecule has 2 atom stereocenters. The maximum absolute atomic E-state index is 4.74. The molecule has 3 aromatic heterocycles. The molecule has 0 aromatic carbocycles. The van der Waals surface area contributed by atoms with E-state index in [2.05, 4.69) is 30.9 Å². The molecule has 6 rings (SSSR count). The first-order chi connectivity index (χ1) is 11.8. The quantitative estimate of drug-likeness (QED) is 0.532. The second-order valence-corrected chi connectivity index (χ2v) is 6.95.